The number of hydroxylamine groups is 1. The first-order valence-corrected chi connectivity index (χ1v) is 7.10. The first-order chi connectivity index (χ1) is 11.2. The van der Waals surface area contributed by atoms with Gasteiger partial charge in [-0.15, -0.1) is 13.2 Å². The molecule has 6 N–H and O–H groups in total. The second kappa shape index (κ2) is 7.66. The number of halogens is 3. The smallest absolute Gasteiger partial charge is 0.406 e. The van der Waals surface area contributed by atoms with E-state index in [0.29, 0.717) is 12.1 Å². The molecule has 1 aliphatic heterocycles. The highest BCUT2D eigenvalue weighted by Crippen LogP contribution is 2.23. The zero-order valence-electron chi connectivity index (χ0n) is 12.6. The van der Waals surface area contributed by atoms with Crippen molar-refractivity contribution in [1.82, 2.24) is 21.4 Å². The van der Waals surface area contributed by atoms with Crippen molar-refractivity contribution < 1.29 is 27.9 Å². The van der Waals surface area contributed by atoms with Crippen molar-refractivity contribution in [1.29, 1.82) is 0 Å². The van der Waals surface area contributed by atoms with Crippen molar-refractivity contribution in [2.75, 3.05) is 5.32 Å². The number of hydrogen-bond acceptors (Lipinski definition) is 6. The van der Waals surface area contributed by atoms with E-state index in [-0.39, 0.29) is 18.0 Å². The van der Waals surface area contributed by atoms with Crippen LogP contribution in [0.1, 0.15) is 13.3 Å². The van der Waals surface area contributed by atoms with Crippen LogP contribution in [0.2, 0.25) is 0 Å². The molecule has 0 radical (unpaired) electrons. The number of benzene rings is 1. The van der Waals surface area contributed by atoms with Crippen LogP contribution in [0.4, 0.5) is 23.7 Å². The maximum atomic E-state index is 12.1. The third kappa shape index (κ3) is 5.85. The standard InChI is InChI=1S/C13H18F3N5O3/c1-7-6-10(21-23)19-11(17-7)20-12(22)18-8-2-4-9(5-3-8)24-13(14,15)16/h2-5,7,10-11,17,19,21,23H,6H2,1H3,(H2,18,20,22). The number of hydrogen-bond donors (Lipinski definition) is 6. The van der Waals surface area contributed by atoms with E-state index in [9.17, 15) is 18.0 Å². The molecule has 11 heteroatoms. The fourth-order valence-electron chi connectivity index (χ4n) is 2.23. The SMILES string of the molecule is CC1CC(NO)NC(NC(=O)Nc2ccc(OC(F)(F)F)cc2)N1. The molecule has 3 unspecified atom stereocenters. The van der Waals surface area contributed by atoms with E-state index in [1.807, 2.05) is 6.92 Å². The summed E-state index contributed by atoms with van der Waals surface area (Å²) >= 11 is 0. The number of alkyl halides is 3. The first-order valence-electron chi connectivity index (χ1n) is 7.10. The highest BCUT2D eigenvalue weighted by atomic mass is 19.4. The molecule has 1 aliphatic rings. The topological polar surface area (TPSA) is 107 Å². The van der Waals surface area contributed by atoms with Crippen LogP contribution in [-0.4, -0.2) is 36.1 Å². The van der Waals surface area contributed by atoms with Crippen molar-refractivity contribution in [3.8, 4) is 5.75 Å². The van der Waals surface area contributed by atoms with E-state index in [4.69, 9.17) is 5.21 Å². The zero-order chi connectivity index (χ0) is 17.7. The third-order valence-electron chi connectivity index (χ3n) is 3.19. The van der Waals surface area contributed by atoms with Gasteiger partial charge in [-0.05, 0) is 37.6 Å². The molecule has 0 bridgehead atoms. The lowest BCUT2D eigenvalue weighted by Gasteiger charge is -2.35. The Labute approximate surface area is 135 Å². The van der Waals surface area contributed by atoms with Gasteiger partial charge in [0.2, 0.25) is 0 Å². The minimum Gasteiger partial charge on any atom is -0.406 e. The first kappa shape index (κ1) is 18.3. The maximum absolute atomic E-state index is 12.1. The van der Waals surface area contributed by atoms with Gasteiger partial charge in [-0.1, -0.05) is 0 Å². The normalized spacial score (nSPS) is 24.3. The van der Waals surface area contributed by atoms with E-state index in [0.717, 1.165) is 12.1 Å². The lowest BCUT2D eigenvalue weighted by molar-refractivity contribution is -0.274. The fraction of sp³-hybridized carbons (Fsp3) is 0.462. The van der Waals surface area contributed by atoms with Gasteiger partial charge in [0.1, 0.15) is 12.0 Å². The summed E-state index contributed by atoms with van der Waals surface area (Å²) in [6.45, 7) is 1.89. The number of carbonyl (C=O) groups excluding carboxylic acids is 1. The molecule has 1 aromatic rings. The minimum atomic E-state index is -4.77. The molecule has 0 saturated carbocycles. The molecule has 2 rings (SSSR count). The second-order valence-electron chi connectivity index (χ2n) is 5.26. The number of rotatable bonds is 4. The average molecular weight is 349 g/mol. The third-order valence-corrected chi connectivity index (χ3v) is 3.19. The number of amides is 2. The number of urea groups is 1. The van der Waals surface area contributed by atoms with Crippen molar-refractivity contribution in [2.45, 2.75) is 38.2 Å². The molecule has 0 spiro atoms. The monoisotopic (exact) mass is 349 g/mol. The highest BCUT2D eigenvalue weighted by molar-refractivity contribution is 5.89. The summed E-state index contributed by atoms with van der Waals surface area (Å²) in [5.41, 5.74) is 2.38. The predicted molar refractivity (Wildman–Crippen MR) is 78.1 cm³/mol. The van der Waals surface area contributed by atoms with Gasteiger partial charge in [-0.25, -0.2) is 4.79 Å². The Morgan fingerprint density at radius 2 is 1.96 bits per heavy atom. The molecule has 1 saturated heterocycles. The number of ether oxygens (including phenoxy) is 1. The maximum Gasteiger partial charge on any atom is 0.573 e. The number of carbonyl (C=O) groups is 1. The number of nitrogens with one attached hydrogen (secondary N) is 5. The molecule has 1 fully saturated rings. The van der Waals surface area contributed by atoms with Crippen LogP contribution in [0.25, 0.3) is 0 Å². The lowest BCUT2D eigenvalue weighted by atomic mass is 10.1. The van der Waals surface area contributed by atoms with Gasteiger partial charge >= 0.3 is 12.4 Å². The van der Waals surface area contributed by atoms with Gasteiger partial charge in [0.15, 0.2) is 0 Å². The van der Waals surface area contributed by atoms with Gasteiger partial charge in [-0.3, -0.25) is 10.6 Å². The summed E-state index contributed by atoms with van der Waals surface area (Å²) in [6.07, 6.45) is -5.13. The quantitative estimate of drug-likeness (QED) is 0.457. The number of anilines is 1. The molecular weight excluding hydrogens is 331 g/mol. The Balaban J connectivity index is 1.86. The van der Waals surface area contributed by atoms with Crippen LogP contribution in [0.15, 0.2) is 24.3 Å². The summed E-state index contributed by atoms with van der Waals surface area (Å²) in [4.78, 5) is 11.9. The summed E-state index contributed by atoms with van der Waals surface area (Å²) in [6, 6.07) is 4.21. The van der Waals surface area contributed by atoms with E-state index in [1.165, 1.54) is 12.1 Å². The molecule has 1 aromatic carbocycles. The molecule has 24 heavy (non-hydrogen) atoms. The van der Waals surface area contributed by atoms with Gasteiger partial charge in [0.05, 0.1) is 6.17 Å². The van der Waals surface area contributed by atoms with Crippen LogP contribution < -0.4 is 31.5 Å². The van der Waals surface area contributed by atoms with E-state index in [2.05, 4.69) is 31.5 Å². The Bertz CT molecular complexity index is 555. The van der Waals surface area contributed by atoms with Crippen LogP contribution >= 0.6 is 0 Å². The minimum absolute atomic E-state index is 0.0417. The summed E-state index contributed by atoms with van der Waals surface area (Å²) in [7, 11) is 0. The van der Waals surface area contributed by atoms with Gasteiger partial charge in [0.25, 0.3) is 0 Å². The molecule has 1 heterocycles. The largest absolute Gasteiger partial charge is 0.573 e. The fourth-order valence-corrected chi connectivity index (χ4v) is 2.23. The van der Waals surface area contributed by atoms with Crippen LogP contribution in [0.5, 0.6) is 5.75 Å². The molecule has 8 nitrogen and oxygen atoms in total. The van der Waals surface area contributed by atoms with Crippen LogP contribution in [-0.2, 0) is 0 Å². The predicted octanol–water partition coefficient (Wildman–Crippen LogP) is 1.27. The van der Waals surface area contributed by atoms with Crippen molar-refractivity contribution in [3.05, 3.63) is 24.3 Å². The zero-order valence-corrected chi connectivity index (χ0v) is 12.6. The molecule has 3 atom stereocenters. The molecular formula is C13H18F3N5O3. The van der Waals surface area contributed by atoms with Crippen molar-refractivity contribution in [3.63, 3.8) is 0 Å². The molecule has 2 amide bonds. The second-order valence-corrected chi connectivity index (χ2v) is 5.26. The van der Waals surface area contributed by atoms with Crippen molar-refractivity contribution in [2.24, 2.45) is 0 Å². The van der Waals surface area contributed by atoms with Crippen LogP contribution in [0.3, 0.4) is 0 Å². The molecule has 0 aromatic heterocycles. The Morgan fingerprint density at radius 1 is 1.29 bits per heavy atom. The van der Waals surface area contributed by atoms with Gasteiger partial charge in [-0.2, -0.15) is 5.48 Å². The summed E-state index contributed by atoms with van der Waals surface area (Å²) in [5, 5.41) is 19.9. The lowest BCUT2D eigenvalue weighted by Crippen LogP contribution is -2.67. The van der Waals surface area contributed by atoms with E-state index < -0.39 is 18.7 Å². The van der Waals surface area contributed by atoms with E-state index in [1.54, 1.807) is 0 Å². The summed E-state index contributed by atoms with van der Waals surface area (Å²) in [5.74, 6) is -0.380. The van der Waals surface area contributed by atoms with Gasteiger partial charge in [0, 0.05) is 11.7 Å². The highest BCUT2D eigenvalue weighted by Gasteiger charge is 2.31. The van der Waals surface area contributed by atoms with E-state index >= 15 is 0 Å². The Morgan fingerprint density at radius 3 is 2.54 bits per heavy atom. The average Bonchev–Trinajstić information content (AvgIpc) is 2.47. The summed E-state index contributed by atoms with van der Waals surface area (Å²) < 4.78 is 39.9. The van der Waals surface area contributed by atoms with Crippen LogP contribution in [0, 0.1) is 0 Å². The molecule has 134 valence electrons. The Hall–Kier alpha value is -2.08. The van der Waals surface area contributed by atoms with Gasteiger partial charge < -0.3 is 20.6 Å². The Kier molecular flexibility index (Phi) is 5.83. The molecule has 0 aliphatic carbocycles. The van der Waals surface area contributed by atoms with Crippen molar-refractivity contribution >= 4 is 11.7 Å².